The highest BCUT2D eigenvalue weighted by molar-refractivity contribution is 6.08. The molecule has 0 N–H and O–H groups in total. The van der Waals surface area contributed by atoms with Crippen molar-refractivity contribution in [2.45, 2.75) is 38.5 Å². The number of hydrogen-bond donors (Lipinski definition) is 0. The van der Waals surface area contributed by atoms with Crippen LogP contribution in [0.15, 0.2) is 164 Å². The van der Waals surface area contributed by atoms with Crippen molar-refractivity contribution >= 4 is 38.6 Å². The Balaban J connectivity index is 1.17. The van der Waals surface area contributed by atoms with E-state index in [0.29, 0.717) is 0 Å². The maximum absolute atomic E-state index is 2.46. The van der Waals surface area contributed by atoms with Crippen LogP contribution in [-0.4, -0.2) is 0 Å². The molecule has 51 heavy (non-hydrogen) atoms. The second-order valence-electron chi connectivity index (χ2n) is 15.4. The van der Waals surface area contributed by atoms with Crippen molar-refractivity contribution in [3.8, 4) is 33.4 Å². The molecule has 0 radical (unpaired) electrons. The number of nitrogens with zero attached hydrogens (tertiary/aromatic N) is 1. The SMILES string of the molecule is CC1(C)c2ccccc2-c2ccc(N(c3cccc(-c4cccc5c4C(C)(C)c4ccccc4-5)c3)c3ccc4c(ccc5ccccc54)c3)cc21. The molecule has 8 aromatic rings. The molecule has 244 valence electrons. The Labute approximate surface area is 300 Å². The highest BCUT2D eigenvalue weighted by atomic mass is 15.1. The summed E-state index contributed by atoms with van der Waals surface area (Å²) in [4.78, 5) is 2.46. The van der Waals surface area contributed by atoms with E-state index in [2.05, 4.69) is 196 Å². The number of rotatable bonds is 4. The van der Waals surface area contributed by atoms with Gasteiger partial charge in [-0.2, -0.15) is 0 Å². The van der Waals surface area contributed by atoms with Gasteiger partial charge in [0.2, 0.25) is 0 Å². The molecule has 10 rings (SSSR count). The Hall–Kier alpha value is -5.92. The number of anilines is 3. The van der Waals surface area contributed by atoms with Crippen molar-refractivity contribution < 1.29 is 0 Å². The summed E-state index contributed by atoms with van der Waals surface area (Å²) in [6.07, 6.45) is 0. The minimum Gasteiger partial charge on any atom is -0.310 e. The second-order valence-corrected chi connectivity index (χ2v) is 15.4. The Kier molecular flexibility index (Phi) is 6.34. The quantitative estimate of drug-likeness (QED) is 0.171. The summed E-state index contributed by atoms with van der Waals surface area (Å²) in [5, 5.41) is 5.07. The number of benzene rings is 8. The highest BCUT2D eigenvalue weighted by Crippen LogP contribution is 2.53. The third-order valence-corrected chi connectivity index (χ3v) is 11.8. The summed E-state index contributed by atoms with van der Waals surface area (Å²) in [6.45, 7) is 9.48. The predicted octanol–water partition coefficient (Wildman–Crippen LogP) is 13.7. The van der Waals surface area contributed by atoms with Crippen LogP contribution in [0.1, 0.15) is 49.9 Å². The van der Waals surface area contributed by atoms with Crippen molar-refractivity contribution in [1.82, 2.24) is 0 Å². The maximum Gasteiger partial charge on any atom is 0.0468 e. The van der Waals surface area contributed by atoms with E-state index in [-0.39, 0.29) is 10.8 Å². The summed E-state index contributed by atoms with van der Waals surface area (Å²) in [7, 11) is 0. The molecule has 0 bridgehead atoms. The zero-order valence-corrected chi connectivity index (χ0v) is 29.5. The topological polar surface area (TPSA) is 3.24 Å². The Morgan fingerprint density at radius 3 is 1.76 bits per heavy atom. The van der Waals surface area contributed by atoms with Gasteiger partial charge in [0, 0.05) is 27.9 Å². The fraction of sp³-hybridized carbons (Fsp3) is 0.120. The summed E-state index contributed by atoms with van der Waals surface area (Å²) in [5.74, 6) is 0. The molecule has 2 aliphatic carbocycles. The summed E-state index contributed by atoms with van der Waals surface area (Å²) in [6, 6.07) is 61.1. The smallest absolute Gasteiger partial charge is 0.0468 e. The van der Waals surface area contributed by atoms with Crippen molar-refractivity contribution in [2.24, 2.45) is 0 Å². The van der Waals surface area contributed by atoms with Crippen molar-refractivity contribution in [3.05, 3.63) is 186 Å². The second kappa shape index (κ2) is 10.8. The van der Waals surface area contributed by atoms with Gasteiger partial charge in [-0.05, 0) is 114 Å². The van der Waals surface area contributed by atoms with Gasteiger partial charge in [0.15, 0.2) is 0 Å². The molecular formula is C50H39N. The van der Waals surface area contributed by atoms with Crippen LogP contribution < -0.4 is 4.90 Å². The van der Waals surface area contributed by atoms with E-state index in [0.717, 1.165) is 17.1 Å². The molecule has 0 spiro atoms. The maximum atomic E-state index is 2.46. The van der Waals surface area contributed by atoms with Crippen LogP contribution in [0.5, 0.6) is 0 Å². The van der Waals surface area contributed by atoms with Gasteiger partial charge in [-0.1, -0.05) is 155 Å². The van der Waals surface area contributed by atoms with Gasteiger partial charge < -0.3 is 4.90 Å². The molecule has 0 saturated carbocycles. The van der Waals surface area contributed by atoms with Gasteiger partial charge in [-0.25, -0.2) is 0 Å². The van der Waals surface area contributed by atoms with E-state index in [1.54, 1.807) is 0 Å². The Morgan fingerprint density at radius 2 is 0.922 bits per heavy atom. The molecule has 1 heteroatoms. The third kappa shape index (κ3) is 4.34. The standard InChI is InChI=1S/C50H39N/c1-49(2)45-21-9-7-17-41(45)43-28-26-37(31-47(43)49)51(36-25-27-39-34(30-36)24-23-32-13-5-6-16-38(32)39)35-15-11-14-33(29-35)40-19-12-20-44-42-18-8-10-22-46(42)50(3,4)48(40)44/h5-31H,1-4H3. The molecule has 0 unspecified atom stereocenters. The van der Waals surface area contributed by atoms with Gasteiger partial charge in [0.25, 0.3) is 0 Å². The lowest BCUT2D eigenvalue weighted by molar-refractivity contribution is 0.660. The van der Waals surface area contributed by atoms with Crippen molar-refractivity contribution in [3.63, 3.8) is 0 Å². The van der Waals surface area contributed by atoms with Crippen molar-refractivity contribution in [1.29, 1.82) is 0 Å². The molecule has 2 aliphatic rings. The Morgan fingerprint density at radius 1 is 0.353 bits per heavy atom. The summed E-state index contributed by atoms with van der Waals surface area (Å²) < 4.78 is 0. The summed E-state index contributed by atoms with van der Waals surface area (Å²) in [5.41, 5.74) is 16.7. The zero-order valence-electron chi connectivity index (χ0n) is 29.5. The Bertz CT molecular complexity index is 2710. The molecule has 0 heterocycles. The van der Waals surface area contributed by atoms with Gasteiger partial charge in [0.1, 0.15) is 0 Å². The first-order chi connectivity index (χ1) is 24.8. The molecular weight excluding hydrogens is 615 g/mol. The van der Waals surface area contributed by atoms with Crippen LogP contribution >= 0.6 is 0 Å². The lowest BCUT2D eigenvalue weighted by Gasteiger charge is -2.29. The molecule has 0 saturated heterocycles. The molecule has 0 aromatic heterocycles. The van der Waals surface area contributed by atoms with E-state index in [1.165, 1.54) is 77.2 Å². The zero-order chi connectivity index (χ0) is 34.5. The molecule has 0 atom stereocenters. The van der Waals surface area contributed by atoms with Gasteiger partial charge >= 0.3 is 0 Å². The number of fused-ring (bicyclic) bond motifs is 9. The van der Waals surface area contributed by atoms with Crippen LogP contribution in [0.25, 0.3) is 54.9 Å². The molecule has 0 aliphatic heterocycles. The van der Waals surface area contributed by atoms with Crippen LogP contribution in [-0.2, 0) is 10.8 Å². The molecule has 0 amide bonds. The number of hydrogen-bond acceptors (Lipinski definition) is 1. The fourth-order valence-electron chi connectivity index (χ4n) is 9.32. The van der Waals surface area contributed by atoms with E-state index in [9.17, 15) is 0 Å². The highest BCUT2D eigenvalue weighted by Gasteiger charge is 2.38. The first-order valence-corrected chi connectivity index (χ1v) is 18.1. The largest absolute Gasteiger partial charge is 0.310 e. The van der Waals surface area contributed by atoms with Crippen LogP contribution in [0, 0.1) is 0 Å². The first kappa shape index (κ1) is 29.9. The van der Waals surface area contributed by atoms with Gasteiger partial charge in [0.05, 0.1) is 0 Å². The van der Waals surface area contributed by atoms with Crippen molar-refractivity contribution in [2.75, 3.05) is 4.90 Å². The first-order valence-electron chi connectivity index (χ1n) is 18.1. The van der Waals surface area contributed by atoms with E-state index >= 15 is 0 Å². The average molecular weight is 654 g/mol. The van der Waals surface area contributed by atoms with E-state index in [4.69, 9.17) is 0 Å². The van der Waals surface area contributed by atoms with Crippen LogP contribution in [0.4, 0.5) is 17.1 Å². The fourth-order valence-corrected chi connectivity index (χ4v) is 9.32. The average Bonchev–Trinajstić information content (AvgIpc) is 3.54. The van der Waals surface area contributed by atoms with Gasteiger partial charge in [-0.3, -0.25) is 0 Å². The normalized spacial score (nSPS) is 14.6. The minimum absolute atomic E-state index is 0.0943. The lowest BCUT2D eigenvalue weighted by atomic mass is 9.79. The van der Waals surface area contributed by atoms with Crippen LogP contribution in [0.2, 0.25) is 0 Å². The monoisotopic (exact) mass is 653 g/mol. The minimum atomic E-state index is -0.0973. The predicted molar refractivity (Wildman–Crippen MR) is 217 cm³/mol. The van der Waals surface area contributed by atoms with E-state index < -0.39 is 0 Å². The molecule has 8 aromatic carbocycles. The molecule has 0 fully saturated rings. The van der Waals surface area contributed by atoms with E-state index in [1.807, 2.05) is 0 Å². The summed E-state index contributed by atoms with van der Waals surface area (Å²) >= 11 is 0. The van der Waals surface area contributed by atoms with Crippen LogP contribution in [0.3, 0.4) is 0 Å². The lowest BCUT2D eigenvalue weighted by Crippen LogP contribution is -2.17. The van der Waals surface area contributed by atoms with Gasteiger partial charge in [-0.15, -0.1) is 0 Å². The molecule has 1 nitrogen and oxygen atoms in total. The third-order valence-electron chi connectivity index (χ3n) is 11.8.